The molecule has 6 rings (SSSR count). The molecule has 0 atom stereocenters. The number of nitrogens with zero attached hydrogens (tertiary/aromatic N) is 6. The highest BCUT2D eigenvalue weighted by Gasteiger charge is 2.21. The molecule has 10 nitrogen and oxygen atoms in total. The number of aromatic nitrogens is 3. The van der Waals surface area contributed by atoms with Crippen molar-refractivity contribution in [3.05, 3.63) is 90.3 Å². The molecule has 208 valence electrons. The van der Waals surface area contributed by atoms with Crippen LogP contribution in [0.5, 0.6) is 5.88 Å². The van der Waals surface area contributed by atoms with Gasteiger partial charge in [0.05, 0.1) is 23.5 Å². The van der Waals surface area contributed by atoms with E-state index in [2.05, 4.69) is 32.0 Å². The number of hydrogen-bond acceptors (Lipinski definition) is 8. The van der Waals surface area contributed by atoms with Crippen molar-refractivity contribution in [2.45, 2.75) is 0 Å². The lowest BCUT2D eigenvalue weighted by atomic mass is 10.00. The summed E-state index contributed by atoms with van der Waals surface area (Å²) in [4.78, 5) is 27.2. The second-order valence-corrected chi connectivity index (χ2v) is 10.2. The molecule has 0 unspecified atom stereocenters. The molecule has 0 radical (unpaired) electrons. The van der Waals surface area contributed by atoms with Crippen LogP contribution in [0, 0.1) is 0 Å². The third-order valence-electron chi connectivity index (χ3n) is 7.48. The molecule has 41 heavy (non-hydrogen) atoms. The highest BCUT2D eigenvalue weighted by molar-refractivity contribution is 6.22. The molecule has 2 N–H and O–H groups in total. The zero-order valence-electron chi connectivity index (χ0n) is 23.0. The van der Waals surface area contributed by atoms with Crippen LogP contribution in [-0.4, -0.2) is 88.5 Å². The summed E-state index contributed by atoms with van der Waals surface area (Å²) in [5, 5.41) is 19.6. The molecular formula is C31H31N7O3. The molecule has 3 heterocycles. The van der Waals surface area contributed by atoms with E-state index in [1.54, 1.807) is 11.9 Å². The van der Waals surface area contributed by atoms with Crippen molar-refractivity contribution in [2.24, 2.45) is 4.99 Å². The van der Waals surface area contributed by atoms with Gasteiger partial charge in [0.25, 0.3) is 0 Å². The van der Waals surface area contributed by atoms with E-state index in [0.29, 0.717) is 34.9 Å². The second kappa shape index (κ2) is 11.4. The SMILES string of the molecule is CN1CCN(CC(=O)N(C)c2ccc(N=C(c3ccccc3)c3c(O)[nH]c4cc(-c5nnco5)ccc34)cc2)CC1. The Bertz CT molecular complexity index is 1670. The standard InChI is InChI=1S/C31H31N7O3/c1-36-14-16-38(17-15-36)19-27(39)37(2)24-11-9-23(10-12-24)33-29(21-6-4-3-5-7-21)28-25-13-8-22(31-35-32-20-41-31)18-26(25)34-30(28)40/h3-13,18,20,34,40H,14-17,19H2,1-2H3. The lowest BCUT2D eigenvalue weighted by Gasteiger charge is -2.32. The smallest absolute Gasteiger partial charge is 0.247 e. The number of fused-ring (bicyclic) bond motifs is 1. The summed E-state index contributed by atoms with van der Waals surface area (Å²) in [6.45, 7) is 4.13. The molecule has 1 aliphatic rings. The number of hydrogen-bond donors (Lipinski definition) is 2. The summed E-state index contributed by atoms with van der Waals surface area (Å²) in [6.07, 6.45) is 1.28. The van der Waals surface area contributed by atoms with E-state index >= 15 is 0 Å². The van der Waals surface area contributed by atoms with Crippen LogP contribution in [0.2, 0.25) is 0 Å². The minimum atomic E-state index is 0.0103. The molecule has 3 aromatic carbocycles. The van der Waals surface area contributed by atoms with Crippen LogP contribution in [0.4, 0.5) is 11.4 Å². The number of aromatic amines is 1. The van der Waals surface area contributed by atoms with E-state index in [1.807, 2.05) is 72.8 Å². The van der Waals surface area contributed by atoms with E-state index in [9.17, 15) is 9.90 Å². The first-order chi connectivity index (χ1) is 20.0. The van der Waals surface area contributed by atoms with E-state index in [1.165, 1.54) is 6.39 Å². The van der Waals surface area contributed by atoms with Crippen molar-refractivity contribution in [1.82, 2.24) is 25.0 Å². The third kappa shape index (κ3) is 5.60. The van der Waals surface area contributed by atoms with Gasteiger partial charge in [-0.25, -0.2) is 4.99 Å². The molecule has 1 amide bonds. The topological polar surface area (TPSA) is 114 Å². The van der Waals surface area contributed by atoms with E-state index < -0.39 is 0 Å². The number of carbonyl (C=O) groups is 1. The Kier molecular flexibility index (Phi) is 7.32. The summed E-state index contributed by atoms with van der Waals surface area (Å²) in [5.74, 6) is 0.460. The molecule has 10 heteroatoms. The minimum absolute atomic E-state index is 0.0103. The normalized spacial score (nSPS) is 14.9. The molecule has 0 spiro atoms. The third-order valence-corrected chi connectivity index (χ3v) is 7.48. The molecule has 5 aromatic rings. The van der Waals surface area contributed by atoms with Gasteiger partial charge in [0, 0.05) is 60.9 Å². The van der Waals surface area contributed by atoms with Crippen molar-refractivity contribution >= 4 is 33.9 Å². The lowest BCUT2D eigenvalue weighted by molar-refractivity contribution is -0.119. The molecule has 0 bridgehead atoms. The van der Waals surface area contributed by atoms with Crippen molar-refractivity contribution in [1.29, 1.82) is 0 Å². The number of H-pyrrole nitrogens is 1. The molecule has 0 saturated carbocycles. The quantitative estimate of drug-likeness (QED) is 0.291. The molecule has 2 aromatic heterocycles. The van der Waals surface area contributed by atoms with Gasteiger partial charge in [-0.1, -0.05) is 36.4 Å². The van der Waals surface area contributed by atoms with Gasteiger partial charge in [-0.2, -0.15) is 0 Å². The van der Waals surface area contributed by atoms with Crippen molar-refractivity contribution in [3.8, 4) is 17.3 Å². The van der Waals surface area contributed by atoms with Gasteiger partial charge >= 0.3 is 0 Å². The Morgan fingerprint density at radius 1 is 1.05 bits per heavy atom. The van der Waals surface area contributed by atoms with Gasteiger partial charge in [-0.05, 0) is 43.4 Å². The molecular weight excluding hydrogens is 518 g/mol. The predicted octanol–water partition coefficient (Wildman–Crippen LogP) is 4.30. The Balaban J connectivity index is 1.30. The number of piperazine rings is 1. The van der Waals surface area contributed by atoms with Crippen LogP contribution in [0.1, 0.15) is 11.1 Å². The van der Waals surface area contributed by atoms with Gasteiger partial charge < -0.3 is 24.3 Å². The number of anilines is 1. The summed E-state index contributed by atoms with van der Waals surface area (Å²) in [5.41, 5.74) is 5.01. The maximum Gasteiger partial charge on any atom is 0.247 e. The van der Waals surface area contributed by atoms with Crippen LogP contribution >= 0.6 is 0 Å². The van der Waals surface area contributed by atoms with E-state index in [0.717, 1.165) is 48.4 Å². The summed E-state index contributed by atoms with van der Waals surface area (Å²) in [7, 11) is 3.91. The van der Waals surface area contributed by atoms with Crippen LogP contribution < -0.4 is 4.90 Å². The summed E-state index contributed by atoms with van der Waals surface area (Å²) >= 11 is 0. The number of amides is 1. The number of carbonyl (C=O) groups excluding carboxylic acids is 1. The Morgan fingerprint density at radius 3 is 2.51 bits per heavy atom. The highest BCUT2D eigenvalue weighted by Crippen LogP contribution is 2.34. The first-order valence-corrected chi connectivity index (χ1v) is 13.5. The number of benzene rings is 3. The lowest BCUT2D eigenvalue weighted by Crippen LogP contribution is -2.48. The van der Waals surface area contributed by atoms with Crippen LogP contribution in [0.3, 0.4) is 0 Å². The Labute approximate surface area is 237 Å². The number of aliphatic imine (C=N–C) groups is 1. The number of aromatic hydroxyl groups is 1. The highest BCUT2D eigenvalue weighted by atomic mass is 16.4. The first-order valence-electron chi connectivity index (χ1n) is 13.5. The molecule has 1 fully saturated rings. The zero-order chi connectivity index (χ0) is 28.3. The van der Waals surface area contributed by atoms with Gasteiger partial charge in [0.1, 0.15) is 0 Å². The fourth-order valence-corrected chi connectivity index (χ4v) is 5.04. The van der Waals surface area contributed by atoms with Gasteiger partial charge in [-0.3, -0.25) is 9.69 Å². The first kappa shape index (κ1) is 26.4. The number of likely N-dealkylation sites (N-methyl/N-ethyl adjacent to an activating group) is 2. The Morgan fingerprint density at radius 2 is 1.80 bits per heavy atom. The number of rotatable bonds is 7. The van der Waals surface area contributed by atoms with Crippen molar-refractivity contribution in [3.63, 3.8) is 0 Å². The van der Waals surface area contributed by atoms with Crippen LogP contribution in [0.25, 0.3) is 22.4 Å². The van der Waals surface area contributed by atoms with Crippen molar-refractivity contribution < 1.29 is 14.3 Å². The summed E-state index contributed by atoms with van der Waals surface area (Å²) < 4.78 is 5.33. The summed E-state index contributed by atoms with van der Waals surface area (Å²) in [6, 6.07) is 22.9. The minimum Gasteiger partial charge on any atom is -0.494 e. The number of nitrogens with one attached hydrogen (secondary N) is 1. The largest absolute Gasteiger partial charge is 0.494 e. The predicted molar refractivity (Wildman–Crippen MR) is 159 cm³/mol. The molecule has 0 aliphatic carbocycles. The van der Waals surface area contributed by atoms with Gasteiger partial charge in [0.15, 0.2) is 5.88 Å². The van der Waals surface area contributed by atoms with E-state index in [4.69, 9.17) is 9.41 Å². The molecule has 1 aliphatic heterocycles. The van der Waals surface area contributed by atoms with Crippen molar-refractivity contribution in [2.75, 3.05) is 51.7 Å². The van der Waals surface area contributed by atoms with E-state index in [-0.39, 0.29) is 11.8 Å². The van der Waals surface area contributed by atoms with Crippen LogP contribution in [0.15, 0.2) is 88.6 Å². The van der Waals surface area contributed by atoms with Crippen LogP contribution in [-0.2, 0) is 4.79 Å². The van der Waals surface area contributed by atoms with Gasteiger partial charge in [0.2, 0.25) is 18.2 Å². The molecule has 1 saturated heterocycles. The van der Waals surface area contributed by atoms with Gasteiger partial charge in [-0.15, -0.1) is 10.2 Å². The fourth-order valence-electron chi connectivity index (χ4n) is 5.04. The maximum absolute atomic E-state index is 13.0. The average Bonchev–Trinajstić information content (AvgIpc) is 3.65. The zero-order valence-corrected chi connectivity index (χ0v) is 23.0. The monoisotopic (exact) mass is 549 g/mol. The Hall–Kier alpha value is -4.80. The maximum atomic E-state index is 13.0. The average molecular weight is 550 g/mol. The second-order valence-electron chi connectivity index (χ2n) is 10.2. The fraction of sp³-hybridized carbons (Fsp3) is 0.226.